The van der Waals surface area contributed by atoms with Gasteiger partial charge in [-0.05, 0) is 18.2 Å². The fourth-order valence-corrected chi connectivity index (χ4v) is 2.72. The van der Waals surface area contributed by atoms with Gasteiger partial charge in [-0.1, -0.05) is 6.07 Å². The molecular formula is C18H20N6O3. The third-order valence-corrected chi connectivity index (χ3v) is 4.08. The summed E-state index contributed by atoms with van der Waals surface area (Å²) < 4.78 is 0. The van der Waals surface area contributed by atoms with Crippen molar-refractivity contribution in [2.75, 3.05) is 36.8 Å². The van der Waals surface area contributed by atoms with Gasteiger partial charge in [0.1, 0.15) is 11.5 Å². The molecule has 2 heterocycles. The van der Waals surface area contributed by atoms with Crippen LogP contribution in [0.4, 0.5) is 17.2 Å². The molecule has 1 fully saturated rings. The van der Waals surface area contributed by atoms with Crippen molar-refractivity contribution in [1.82, 2.24) is 19.8 Å². The minimum absolute atomic E-state index is 0.149. The fourth-order valence-electron chi connectivity index (χ4n) is 2.72. The van der Waals surface area contributed by atoms with Crippen LogP contribution in [-0.4, -0.2) is 64.2 Å². The average molecular weight is 368 g/mol. The summed E-state index contributed by atoms with van der Waals surface area (Å²) in [4.78, 5) is 46.1. The highest BCUT2D eigenvalue weighted by atomic mass is 16.2. The molecule has 9 heteroatoms. The molecule has 1 saturated heterocycles. The van der Waals surface area contributed by atoms with Crippen molar-refractivity contribution in [2.45, 2.75) is 6.92 Å². The molecule has 9 nitrogen and oxygen atoms in total. The molecule has 2 N–H and O–H groups in total. The minimum atomic E-state index is -0.202. The van der Waals surface area contributed by atoms with Gasteiger partial charge in [0, 0.05) is 44.5 Å². The zero-order valence-electron chi connectivity index (χ0n) is 14.9. The molecule has 0 atom stereocenters. The molecule has 0 bridgehead atoms. The number of amides is 3. The first-order chi connectivity index (χ1) is 13.0. The van der Waals surface area contributed by atoms with Gasteiger partial charge in [0.25, 0.3) is 5.91 Å². The van der Waals surface area contributed by atoms with Crippen LogP contribution in [0.5, 0.6) is 0 Å². The van der Waals surface area contributed by atoms with E-state index in [1.807, 2.05) is 6.07 Å². The number of anilines is 3. The number of carbonyl (C=O) groups excluding carboxylic acids is 3. The first kappa shape index (κ1) is 18.3. The average Bonchev–Trinajstić information content (AvgIpc) is 2.68. The van der Waals surface area contributed by atoms with Crippen molar-refractivity contribution in [3.63, 3.8) is 0 Å². The van der Waals surface area contributed by atoms with Crippen molar-refractivity contribution in [3.8, 4) is 0 Å². The molecule has 1 aliphatic heterocycles. The number of nitrogens with one attached hydrogen (secondary N) is 2. The molecule has 1 aromatic heterocycles. The monoisotopic (exact) mass is 368 g/mol. The molecule has 3 amide bonds. The molecule has 27 heavy (non-hydrogen) atoms. The van der Waals surface area contributed by atoms with Gasteiger partial charge in [0.05, 0.1) is 12.4 Å². The summed E-state index contributed by atoms with van der Waals surface area (Å²) in [5, 5.41) is 5.79. The van der Waals surface area contributed by atoms with Crippen molar-refractivity contribution in [1.29, 1.82) is 0 Å². The SMILES string of the molecule is CC(=O)Nc1cccc(Nc2cnc(C(=O)N3CCN(C=O)CC3)cn2)c1. The largest absolute Gasteiger partial charge is 0.342 e. The van der Waals surface area contributed by atoms with Crippen LogP contribution in [0.3, 0.4) is 0 Å². The first-order valence-corrected chi connectivity index (χ1v) is 8.50. The third-order valence-electron chi connectivity index (χ3n) is 4.08. The van der Waals surface area contributed by atoms with Gasteiger partial charge in [-0.2, -0.15) is 0 Å². The lowest BCUT2D eigenvalue weighted by Crippen LogP contribution is -2.48. The number of hydrogen-bond acceptors (Lipinski definition) is 6. The standard InChI is InChI=1S/C18H20N6O3/c1-13(26)21-14-3-2-4-15(9-14)22-17-11-19-16(10-20-17)18(27)24-7-5-23(12-25)6-8-24/h2-4,9-12H,5-8H2,1H3,(H,20,22)(H,21,26). The van der Waals surface area contributed by atoms with Crippen molar-refractivity contribution in [2.24, 2.45) is 0 Å². The summed E-state index contributed by atoms with van der Waals surface area (Å²) in [6, 6.07) is 7.19. The Labute approximate surface area is 156 Å². The predicted molar refractivity (Wildman–Crippen MR) is 99.6 cm³/mol. The smallest absolute Gasteiger partial charge is 0.274 e. The van der Waals surface area contributed by atoms with Gasteiger partial charge in [0.15, 0.2) is 0 Å². The molecule has 0 aliphatic carbocycles. The second kappa shape index (κ2) is 8.26. The number of aromatic nitrogens is 2. The van der Waals surface area contributed by atoms with Crippen LogP contribution in [-0.2, 0) is 9.59 Å². The van der Waals surface area contributed by atoms with E-state index >= 15 is 0 Å². The van der Waals surface area contributed by atoms with E-state index in [1.165, 1.54) is 19.3 Å². The van der Waals surface area contributed by atoms with E-state index in [-0.39, 0.29) is 17.5 Å². The Morgan fingerprint density at radius 3 is 2.44 bits per heavy atom. The van der Waals surface area contributed by atoms with E-state index in [2.05, 4.69) is 20.6 Å². The van der Waals surface area contributed by atoms with Crippen LogP contribution in [0, 0.1) is 0 Å². The molecule has 0 saturated carbocycles. The maximum absolute atomic E-state index is 12.5. The number of nitrogens with zero attached hydrogens (tertiary/aromatic N) is 4. The van der Waals surface area contributed by atoms with Crippen LogP contribution < -0.4 is 10.6 Å². The molecule has 1 aliphatic rings. The molecule has 140 valence electrons. The fraction of sp³-hybridized carbons (Fsp3) is 0.278. The Morgan fingerprint density at radius 1 is 1.07 bits per heavy atom. The summed E-state index contributed by atoms with van der Waals surface area (Å²) in [5.74, 6) is 0.133. The van der Waals surface area contributed by atoms with Crippen LogP contribution in [0.1, 0.15) is 17.4 Å². The number of piperazine rings is 1. The van der Waals surface area contributed by atoms with E-state index in [0.717, 1.165) is 12.1 Å². The number of hydrogen-bond donors (Lipinski definition) is 2. The molecule has 0 unspecified atom stereocenters. The van der Waals surface area contributed by atoms with Crippen LogP contribution in [0.15, 0.2) is 36.7 Å². The topological polar surface area (TPSA) is 108 Å². The van der Waals surface area contributed by atoms with Gasteiger partial charge < -0.3 is 20.4 Å². The zero-order chi connectivity index (χ0) is 19.2. The molecular weight excluding hydrogens is 348 g/mol. The number of benzene rings is 1. The van der Waals surface area contributed by atoms with Crippen molar-refractivity contribution >= 4 is 35.4 Å². The van der Waals surface area contributed by atoms with Gasteiger partial charge in [-0.3, -0.25) is 14.4 Å². The number of rotatable bonds is 5. The van der Waals surface area contributed by atoms with E-state index in [0.29, 0.717) is 37.7 Å². The maximum Gasteiger partial charge on any atom is 0.274 e. The number of carbonyl (C=O) groups is 3. The maximum atomic E-state index is 12.5. The van der Waals surface area contributed by atoms with E-state index in [1.54, 1.807) is 28.0 Å². The Morgan fingerprint density at radius 2 is 1.81 bits per heavy atom. The van der Waals surface area contributed by atoms with Gasteiger partial charge in [0.2, 0.25) is 12.3 Å². The molecule has 0 spiro atoms. The lowest BCUT2D eigenvalue weighted by molar-refractivity contribution is -0.119. The third kappa shape index (κ3) is 4.78. The highest BCUT2D eigenvalue weighted by Gasteiger charge is 2.22. The quantitative estimate of drug-likeness (QED) is 0.765. The van der Waals surface area contributed by atoms with Gasteiger partial charge in [-0.15, -0.1) is 0 Å². The van der Waals surface area contributed by atoms with Crippen molar-refractivity contribution < 1.29 is 14.4 Å². The molecule has 1 aromatic carbocycles. The Kier molecular flexibility index (Phi) is 5.60. The van der Waals surface area contributed by atoms with E-state index in [9.17, 15) is 14.4 Å². The summed E-state index contributed by atoms with van der Waals surface area (Å²) in [6.45, 7) is 3.45. The molecule has 3 rings (SSSR count). The summed E-state index contributed by atoms with van der Waals surface area (Å²) in [7, 11) is 0. The Bertz CT molecular complexity index is 831. The summed E-state index contributed by atoms with van der Waals surface area (Å²) in [5.41, 5.74) is 1.66. The Hall–Kier alpha value is -3.49. The lowest BCUT2D eigenvalue weighted by atomic mass is 10.2. The second-order valence-electron chi connectivity index (χ2n) is 6.11. The Balaban J connectivity index is 1.63. The van der Waals surface area contributed by atoms with Gasteiger partial charge >= 0.3 is 0 Å². The zero-order valence-corrected chi connectivity index (χ0v) is 14.9. The van der Waals surface area contributed by atoms with Crippen LogP contribution in [0.2, 0.25) is 0 Å². The normalized spacial score (nSPS) is 13.8. The van der Waals surface area contributed by atoms with E-state index in [4.69, 9.17) is 0 Å². The highest BCUT2D eigenvalue weighted by molar-refractivity contribution is 5.92. The van der Waals surface area contributed by atoms with Crippen LogP contribution >= 0.6 is 0 Å². The molecule has 0 radical (unpaired) electrons. The summed E-state index contributed by atoms with van der Waals surface area (Å²) >= 11 is 0. The second-order valence-corrected chi connectivity index (χ2v) is 6.11. The lowest BCUT2D eigenvalue weighted by Gasteiger charge is -2.32. The van der Waals surface area contributed by atoms with Crippen molar-refractivity contribution in [3.05, 3.63) is 42.4 Å². The van der Waals surface area contributed by atoms with Crippen LogP contribution in [0.25, 0.3) is 0 Å². The van der Waals surface area contributed by atoms with E-state index < -0.39 is 0 Å². The summed E-state index contributed by atoms with van der Waals surface area (Å²) in [6.07, 6.45) is 3.71. The highest BCUT2D eigenvalue weighted by Crippen LogP contribution is 2.18. The minimum Gasteiger partial charge on any atom is -0.342 e. The van der Waals surface area contributed by atoms with Gasteiger partial charge in [-0.25, -0.2) is 9.97 Å². The predicted octanol–water partition coefficient (Wildman–Crippen LogP) is 1.09. The first-order valence-electron chi connectivity index (χ1n) is 8.50. The molecule has 2 aromatic rings.